The molecule has 1 aromatic carbocycles. The predicted molar refractivity (Wildman–Crippen MR) is 82.3 cm³/mol. The van der Waals surface area contributed by atoms with Crippen LogP contribution in [0.15, 0.2) is 24.3 Å². The van der Waals surface area contributed by atoms with Crippen molar-refractivity contribution in [3.63, 3.8) is 0 Å². The van der Waals surface area contributed by atoms with Gasteiger partial charge in [0.2, 0.25) is 0 Å². The van der Waals surface area contributed by atoms with E-state index in [-0.39, 0.29) is 0 Å². The summed E-state index contributed by atoms with van der Waals surface area (Å²) in [6.07, 6.45) is 0. The molecule has 0 saturated carbocycles. The van der Waals surface area contributed by atoms with Gasteiger partial charge in [0.1, 0.15) is 10.2 Å². The van der Waals surface area contributed by atoms with Crippen LogP contribution < -0.4 is 5.73 Å². The van der Waals surface area contributed by atoms with Gasteiger partial charge in [0.15, 0.2) is 5.82 Å². The minimum absolute atomic E-state index is 0.362. The van der Waals surface area contributed by atoms with Crippen molar-refractivity contribution in [2.24, 2.45) is 0 Å². The largest absolute Gasteiger partial charge is 0.383 e. The number of nitrogens with zero attached hydrogens (tertiary/aromatic N) is 2. The van der Waals surface area contributed by atoms with Crippen molar-refractivity contribution in [1.82, 2.24) is 9.97 Å². The number of nitrogens with two attached hydrogens (primary N) is 1. The highest BCUT2D eigenvalue weighted by molar-refractivity contribution is 7.20. The molecular weight excluding hydrogens is 325 g/mol. The molecule has 19 heavy (non-hydrogen) atoms. The van der Waals surface area contributed by atoms with Crippen LogP contribution in [0.4, 0.5) is 5.82 Å². The third kappa shape index (κ3) is 2.37. The Morgan fingerprint density at radius 1 is 1.05 bits per heavy atom. The normalized spacial score (nSPS) is 11.1. The van der Waals surface area contributed by atoms with Gasteiger partial charge in [-0.15, -0.1) is 11.3 Å². The van der Waals surface area contributed by atoms with Crippen LogP contribution in [-0.2, 0) is 0 Å². The van der Waals surface area contributed by atoms with E-state index < -0.39 is 0 Å². The van der Waals surface area contributed by atoms with Crippen molar-refractivity contribution in [2.45, 2.75) is 0 Å². The summed E-state index contributed by atoms with van der Waals surface area (Å²) in [5.41, 5.74) is 7.33. The second kappa shape index (κ2) is 4.80. The molecule has 96 valence electrons. The summed E-state index contributed by atoms with van der Waals surface area (Å²) in [4.78, 5) is 8.69. The van der Waals surface area contributed by atoms with Gasteiger partial charge in [0, 0.05) is 10.4 Å². The molecule has 0 fully saturated rings. The number of halogens is 3. The zero-order valence-electron chi connectivity index (χ0n) is 9.32. The molecule has 3 nitrogen and oxygen atoms in total. The molecule has 0 aliphatic heterocycles. The predicted octanol–water partition coefficient (Wildman–Crippen LogP) is 4.90. The van der Waals surface area contributed by atoms with Gasteiger partial charge in [0.05, 0.1) is 15.4 Å². The van der Waals surface area contributed by atoms with E-state index in [1.165, 1.54) is 11.3 Å². The van der Waals surface area contributed by atoms with E-state index in [1.54, 1.807) is 24.3 Å². The number of nitrogen functional groups attached to an aromatic ring is 1. The highest BCUT2D eigenvalue weighted by Crippen LogP contribution is 2.37. The molecule has 0 saturated heterocycles. The van der Waals surface area contributed by atoms with Gasteiger partial charge in [-0.25, -0.2) is 9.97 Å². The van der Waals surface area contributed by atoms with E-state index in [0.717, 1.165) is 0 Å². The quantitative estimate of drug-likeness (QED) is 0.690. The summed E-state index contributed by atoms with van der Waals surface area (Å²) < 4.78 is 1.12. The van der Waals surface area contributed by atoms with Gasteiger partial charge in [0.25, 0.3) is 0 Å². The van der Waals surface area contributed by atoms with Crippen LogP contribution in [0.1, 0.15) is 0 Å². The molecule has 2 heterocycles. The van der Waals surface area contributed by atoms with Crippen molar-refractivity contribution >= 4 is 62.9 Å². The zero-order chi connectivity index (χ0) is 13.6. The number of hydrogen-bond donors (Lipinski definition) is 1. The standard InChI is InChI=1S/C12H6Cl3N3S/c13-5-1-2-8-6(3-5)11(16)18-12(17-8)7-4-9(14)19-10(7)15/h1-4H,(H2,16,17,18). The third-order valence-electron chi connectivity index (χ3n) is 2.58. The molecule has 3 aromatic rings. The number of hydrogen-bond acceptors (Lipinski definition) is 4. The molecule has 0 bridgehead atoms. The summed E-state index contributed by atoms with van der Waals surface area (Å²) in [7, 11) is 0. The second-order valence-electron chi connectivity index (χ2n) is 3.83. The minimum Gasteiger partial charge on any atom is -0.383 e. The maximum absolute atomic E-state index is 6.10. The molecule has 0 radical (unpaired) electrons. The maximum atomic E-state index is 6.10. The molecule has 2 aromatic heterocycles. The van der Waals surface area contributed by atoms with Crippen LogP contribution in [0.3, 0.4) is 0 Å². The fourth-order valence-corrected chi connectivity index (χ4v) is 3.37. The second-order valence-corrected chi connectivity index (χ2v) is 6.55. The van der Waals surface area contributed by atoms with Crippen LogP contribution in [0, 0.1) is 0 Å². The molecule has 0 aliphatic rings. The first kappa shape index (κ1) is 12.9. The number of aromatic nitrogens is 2. The Balaban J connectivity index is 2.26. The average molecular weight is 331 g/mol. The summed E-state index contributed by atoms with van der Waals surface area (Å²) in [5.74, 6) is 0.821. The molecule has 0 amide bonds. The Bertz CT molecular complexity index is 785. The number of benzene rings is 1. The lowest BCUT2D eigenvalue weighted by atomic mass is 10.2. The molecule has 7 heteroatoms. The van der Waals surface area contributed by atoms with Crippen LogP contribution in [0.2, 0.25) is 13.7 Å². The third-order valence-corrected chi connectivity index (χ3v) is 4.31. The summed E-state index contributed by atoms with van der Waals surface area (Å²) >= 11 is 19.2. The lowest BCUT2D eigenvalue weighted by Crippen LogP contribution is -1.97. The van der Waals surface area contributed by atoms with E-state index in [0.29, 0.717) is 41.8 Å². The van der Waals surface area contributed by atoms with Crippen molar-refractivity contribution in [1.29, 1.82) is 0 Å². The molecule has 0 unspecified atom stereocenters. The Morgan fingerprint density at radius 3 is 2.53 bits per heavy atom. The van der Waals surface area contributed by atoms with Crippen molar-refractivity contribution in [3.8, 4) is 11.4 Å². The molecular formula is C12H6Cl3N3S. The Hall–Kier alpha value is -1.07. The summed E-state index contributed by atoms with van der Waals surface area (Å²) in [5, 5.41) is 1.31. The maximum Gasteiger partial charge on any atom is 0.164 e. The molecule has 0 spiro atoms. The van der Waals surface area contributed by atoms with Gasteiger partial charge >= 0.3 is 0 Å². The lowest BCUT2D eigenvalue weighted by molar-refractivity contribution is 1.24. The van der Waals surface area contributed by atoms with E-state index in [4.69, 9.17) is 40.5 Å². The van der Waals surface area contributed by atoms with Gasteiger partial charge in [-0.3, -0.25) is 0 Å². The zero-order valence-corrected chi connectivity index (χ0v) is 12.4. The number of thiophene rings is 1. The molecule has 3 rings (SSSR count). The lowest BCUT2D eigenvalue weighted by Gasteiger charge is -2.05. The average Bonchev–Trinajstić information content (AvgIpc) is 2.69. The highest BCUT2D eigenvalue weighted by atomic mass is 35.5. The number of fused-ring (bicyclic) bond motifs is 1. The molecule has 0 aliphatic carbocycles. The van der Waals surface area contributed by atoms with Crippen molar-refractivity contribution < 1.29 is 0 Å². The first-order valence-electron chi connectivity index (χ1n) is 5.22. The SMILES string of the molecule is Nc1nc(-c2cc(Cl)sc2Cl)nc2ccc(Cl)cc12. The van der Waals surface area contributed by atoms with Gasteiger partial charge in [-0.05, 0) is 24.3 Å². The van der Waals surface area contributed by atoms with Crippen LogP contribution in [0.25, 0.3) is 22.3 Å². The van der Waals surface area contributed by atoms with E-state index in [2.05, 4.69) is 9.97 Å². The van der Waals surface area contributed by atoms with E-state index in [9.17, 15) is 0 Å². The Labute approximate surface area is 127 Å². The van der Waals surface area contributed by atoms with Crippen molar-refractivity contribution in [3.05, 3.63) is 38.0 Å². The van der Waals surface area contributed by atoms with Crippen LogP contribution in [-0.4, -0.2) is 9.97 Å². The topological polar surface area (TPSA) is 51.8 Å². The fraction of sp³-hybridized carbons (Fsp3) is 0. The number of anilines is 1. The first-order chi connectivity index (χ1) is 9.04. The van der Waals surface area contributed by atoms with E-state index >= 15 is 0 Å². The van der Waals surface area contributed by atoms with Gasteiger partial charge in [-0.2, -0.15) is 0 Å². The highest BCUT2D eigenvalue weighted by Gasteiger charge is 2.13. The number of rotatable bonds is 1. The van der Waals surface area contributed by atoms with Crippen LogP contribution >= 0.6 is 46.1 Å². The minimum atomic E-state index is 0.362. The Kier molecular flexibility index (Phi) is 3.27. The van der Waals surface area contributed by atoms with E-state index in [1.807, 2.05) is 0 Å². The van der Waals surface area contributed by atoms with Gasteiger partial charge in [-0.1, -0.05) is 34.8 Å². The summed E-state index contributed by atoms with van der Waals surface area (Å²) in [6.45, 7) is 0. The summed E-state index contributed by atoms with van der Waals surface area (Å²) in [6, 6.07) is 7.01. The van der Waals surface area contributed by atoms with Gasteiger partial charge < -0.3 is 5.73 Å². The smallest absolute Gasteiger partial charge is 0.164 e. The van der Waals surface area contributed by atoms with Crippen molar-refractivity contribution in [2.75, 3.05) is 5.73 Å². The molecule has 2 N–H and O–H groups in total. The molecule has 0 atom stereocenters. The monoisotopic (exact) mass is 329 g/mol. The Morgan fingerprint density at radius 2 is 1.84 bits per heavy atom. The first-order valence-corrected chi connectivity index (χ1v) is 7.17. The fourth-order valence-electron chi connectivity index (χ4n) is 1.74. The van der Waals surface area contributed by atoms with Crippen LogP contribution in [0.5, 0.6) is 0 Å².